The van der Waals surface area contributed by atoms with Crippen LogP contribution >= 0.6 is 0 Å². The van der Waals surface area contributed by atoms with Gasteiger partial charge < -0.3 is 9.64 Å². The Morgan fingerprint density at radius 2 is 1.89 bits per heavy atom. The number of hydrogen-bond donors (Lipinski definition) is 0. The number of aromatic nitrogens is 1. The molecule has 1 aliphatic heterocycles. The van der Waals surface area contributed by atoms with Gasteiger partial charge in [0.1, 0.15) is 0 Å². The van der Waals surface area contributed by atoms with E-state index in [2.05, 4.69) is 4.98 Å². The highest BCUT2D eigenvalue weighted by molar-refractivity contribution is 5.92. The highest BCUT2D eigenvalue weighted by atomic mass is 16.5. The molecule has 0 aliphatic carbocycles. The van der Waals surface area contributed by atoms with Crippen LogP contribution in [0.3, 0.4) is 0 Å². The second kappa shape index (κ2) is 5.62. The highest BCUT2D eigenvalue weighted by Gasteiger charge is 2.26. The van der Waals surface area contributed by atoms with Crippen molar-refractivity contribution >= 4 is 11.9 Å². The smallest absolute Gasteiger partial charge is 0.339 e. The first-order valence-corrected chi connectivity index (χ1v) is 6.08. The number of esters is 1. The number of carbonyl (C=O) groups is 2. The fourth-order valence-corrected chi connectivity index (χ4v) is 1.96. The summed E-state index contributed by atoms with van der Waals surface area (Å²) in [6.45, 7) is 3.13. The summed E-state index contributed by atoms with van der Waals surface area (Å²) >= 11 is 0. The van der Waals surface area contributed by atoms with Crippen molar-refractivity contribution in [3.63, 3.8) is 0 Å². The van der Waals surface area contributed by atoms with Crippen molar-refractivity contribution in [2.24, 2.45) is 0 Å². The molecular formula is C13H16N2O3. The molecule has 5 heteroatoms. The summed E-state index contributed by atoms with van der Waals surface area (Å²) in [6, 6.07) is 3.13. The summed E-state index contributed by atoms with van der Waals surface area (Å²) in [7, 11) is 0. The van der Waals surface area contributed by atoms with Gasteiger partial charge in [0, 0.05) is 25.5 Å². The van der Waals surface area contributed by atoms with E-state index < -0.39 is 12.1 Å². The molecule has 2 rings (SSSR count). The molecule has 1 aromatic heterocycles. The number of carbonyl (C=O) groups excluding carboxylic acids is 2. The SMILES string of the molecule is CC(OC(=O)c1ccncc1)C(=O)N1CCCC1. The molecule has 5 nitrogen and oxygen atoms in total. The van der Waals surface area contributed by atoms with Crippen LogP contribution < -0.4 is 0 Å². The van der Waals surface area contributed by atoms with Crippen molar-refractivity contribution in [1.29, 1.82) is 0 Å². The van der Waals surface area contributed by atoms with Crippen LogP contribution in [-0.4, -0.2) is 41.0 Å². The van der Waals surface area contributed by atoms with Gasteiger partial charge in [0.05, 0.1) is 5.56 Å². The van der Waals surface area contributed by atoms with Gasteiger partial charge in [0.2, 0.25) is 0 Å². The van der Waals surface area contributed by atoms with E-state index in [1.54, 1.807) is 24.0 Å². The van der Waals surface area contributed by atoms with Gasteiger partial charge in [-0.3, -0.25) is 9.78 Å². The number of pyridine rings is 1. The summed E-state index contributed by atoms with van der Waals surface area (Å²) in [6.07, 6.45) is 4.35. The van der Waals surface area contributed by atoms with Crippen LogP contribution in [0.2, 0.25) is 0 Å². The Bertz CT molecular complexity index is 427. The summed E-state index contributed by atoms with van der Waals surface area (Å²) in [5.74, 6) is -0.604. The minimum Gasteiger partial charge on any atom is -0.449 e. The van der Waals surface area contributed by atoms with Crippen LogP contribution in [0.5, 0.6) is 0 Å². The number of rotatable bonds is 3. The Morgan fingerprint density at radius 3 is 2.50 bits per heavy atom. The second-order valence-electron chi connectivity index (χ2n) is 4.32. The Labute approximate surface area is 106 Å². The third kappa shape index (κ3) is 2.85. The average Bonchev–Trinajstić information content (AvgIpc) is 2.92. The Balaban J connectivity index is 1.92. The first kappa shape index (κ1) is 12.5. The number of amides is 1. The number of likely N-dealkylation sites (tertiary alicyclic amines) is 1. The van der Waals surface area contributed by atoms with E-state index in [0.29, 0.717) is 5.56 Å². The molecule has 1 unspecified atom stereocenters. The Kier molecular flexibility index (Phi) is 3.92. The normalized spacial score (nSPS) is 16.4. The minimum atomic E-state index is -0.733. The second-order valence-corrected chi connectivity index (χ2v) is 4.32. The van der Waals surface area contributed by atoms with Crippen LogP contribution in [0.15, 0.2) is 24.5 Å². The third-order valence-electron chi connectivity index (χ3n) is 2.97. The minimum absolute atomic E-state index is 0.116. The van der Waals surface area contributed by atoms with Crippen molar-refractivity contribution in [1.82, 2.24) is 9.88 Å². The Morgan fingerprint density at radius 1 is 1.28 bits per heavy atom. The zero-order valence-electron chi connectivity index (χ0n) is 10.3. The fraction of sp³-hybridized carbons (Fsp3) is 0.462. The van der Waals surface area contributed by atoms with E-state index in [1.165, 1.54) is 12.4 Å². The van der Waals surface area contributed by atoms with Crippen molar-refractivity contribution in [3.8, 4) is 0 Å². The molecule has 1 saturated heterocycles. The summed E-state index contributed by atoms with van der Waals surface area (Å²) in [4.78, 5) is 29.3. The van der Waals surface area contributed by atoms with Crippen molar-refractivity contribution in [2.45, 2.75) is 25.9 Å². The molecule has 96 valence electrons. The standard InChI is InChI=1S/C13H16N2O3/c1-10(12(16)15-8-2-3-9-15)18-13(17)11-4-6-14-7-5-11/h4-7,10H,2-3,8-9H2,1H3. The first-order valence-electron chi connectivity index (χ1n) is 6.08. The van der Waals surface area contributed by atoms with Gasteiger partial charge in [-0.25, -0.2) is 4.79 Å². The molecule has 0 saturated carbocycles. The summed E-state index contributed by atoms with van der Waals surface area (Å²) < 4.78 is 5.15. The number of hydrogen-bond acceptors (Lipinski definition) is 4. The maximum Gasteiger partial charge on any atom is 0.339 e. The van der Waals surface area contributed by atoms with Crippen LogP contribution in [0.25, 0.3) is 0 Å². The van der Waals surface area contributed by atoms with Gasteiger partial charge in [0.25, 0.3) is 5.91 Å². The molecule has 0 spiro atoms. The number of nitrogens with zero attached hydrogens (tertiary/aromatic N) is 2. The van der Waals surface area contributed by atoms with E-state index >= 15 is 0 Å². The van der Waals surface area contributed by atoms with Gasteiger partial charge in [0.15, 0.2) is 6.10 Å². The molecule has 18 heavy (non-hydrogen) atoms. The molecule has 1 amide bonds. The topological polar surface area (TPSA) is 59.5 Å². The molecule has 0 N–H and O–H groups in total. The van der Waals surface area contributed by atoms with Gasteiger partial charge in [-0.1, -0.05) is 0 Å². The van der Waals surface area contributed by atoms with E-state index in [1.807, 2.05) is 0 Å². The van der Waals surface area contributed by atoms with Crippen LogP contribution in [0, 0.1) is 0 Å². The van der Waals surface area contributed by atoms with E-state index in [-0.39, 0.29) is 5.91 Å². The van der Waals surface area contributed by atoms with Crippen molar-refractivity contribution < 1.29 is 14.3 Å². The fourth-order valence-electron chi connectivity index (χ4n) is 1.96. The van der Waals surface area contributed by atoms with Crippen LogP contribution in [-0.2, 0) is 9.53 Å². The highest BCUT2D eigenvalue weighted by Crippen LogP contribution is 2.11. The summed E-state index contributed by atoms with van der Waals surface area (Å²) in [5.41, 5.74) is 0.408. The van der Waals surface area contributed by atoms with Crippen molar-refractivity contribution in [2.75, 3.05) is 13.1 Å². The molecular weight excluding hydrogens is 232 g/mol. The molecule has 0 radical (unpaired) electrons. The summed E-state index contributed by atoms with van der Waals surface area (Å²) in [5, 5.41) is 0. The van der Waals surface area contributed by atoms with Crippen LogP contribution in [0.1, 0.15) is 30.1 Å². The lowest BCUT2D eigenvalue weighted by atomic mass is 10.2. The predicted octanol–water partition coefficient (Wildman–Crippen LogP) is 1.25. The molecule has 2 heterocycles. The van der Waals surface area contributed by atoms with Gasteiger partial charge in [-0.05, 0) is 31.9 Å². The molecule has 0 bridgehead atoms. The monoisotopic (exact) mass is 248 g/mol. The third-order valence-corrected chi connectivity index (χ3v) is 2.97. The lowest BCUT2D eigenvalue weighted by Gasteiger charge is -2.20. The Hall–Kier alpha value is -1.91. The lowest BCUT2D eigenvalue weighted by Crippen LogP contribution is -2.38. The van der Waals surface area contributed by atoms with Crippen LogP contribution in [0.4, 0.5) is 0 Å². The van der Waals surface area contributed by atoms with Gasteiger partial charge >= 0.3 is 5.97 Å². The zero-order chi connectivity index (χ0) is 13.0. The molecule has 1 atom stereocenters. The number of ether oxygens (including phenoxy) is 1. The quantitative estimate of drug-likeness (QED) is 0.755. The van der Waals surface area contributed by atoms with E-state index in [4.69, 9.17) is 4.74 Å². The van der Waals surface area contributed by atoms with E-state index in [9.17, 15) is 9.59 Å². The van der Waals surface area contributed by atoms with Gasteiger partial charge in [-0.2, -0.15) is 0 Å². The maximum atomic E-state index is 11.9. The molecule has 1 aliphatic rings. The predicted molar refractivity (Wildman–Crippen MR) is 64.9 cm³/mol. The largest absolute Gasteiger partial charge is 0.449 e. The van der Waals surface area contributed by atoms with E-state index in [0.717, 1.165) is 25.9 Å². The lowest BCUT2D eigenvalue weighted by molar-refractivity contribution is -0.138. The molecule has 1 fully saturated rings. The zero-order valence-corrected chi connectivity index (χ0v) is 10.3. The molecule has 0 aromatic carbocycles. The average molecular weight is 248 g/mol. The van der Waals surface area contributed by atoms with Gasteiger partial charge in [-0.15, -0.1) is 0 Å². The molecule has 1 aromatic rings. The maximum absolute atomic E-state index is 11.9. The first-order chi connectivity index (χ1) is 8.68. The van der Waals surface area contributed by atoms with Crippen molar-refractivity contribution in [3.05, 3.63) is 30.1 Å².